The van der Waals surface area contributed by atoms with Gasteiger partial charge in [-0.3, -0.25) is 9.58 Å². The minimum Gasteiger partial charge on any atom is -0.298 e. The summed E-state index contributed by atoms with van der Waals surface area (Å²) in [5, 5.41) is 4.26. The third-order valence-electron chi connectivity index (χ3n) is 2.92. The van der Waals surface area contributed by atoms with Crippen molar-refractivity contribution in [3.05, 3.63) is 17.5 Å². The van der Waals surface area contributed by atoms with E-state index in [1.807, 2.05) is 29.7 Å². The minimum atomic E-state index is 0.611. The van der Waals surface area contributed by atoms with Crippen LogP contribution in [0.25, 0.3) is 0 Å². The standard InChI is InChI=1S/C11H21N3S/c1-9(8-15-5)13(3)7-11-6-12-14(4)10(11)2/h6,9H,7-8H2,1-5H3/t9-/m1/s1. The Morgan fingerprint density at radius 1 is 1.60 bits per heavy atom. The van der Waals surface area contributed by atoms with Crippen LogP contribution in [-0.2, 0) is 13.6 Å². The molecule has 0 saturated heterocycles. The summed E-state index contributed by atoms with van der Waals surface area (Å²) in [5.74, 6) is 1.18. The summed E-state index contributed by atoms with van der Waals surface area (Å²) in [7, 11) is 4.16. The molecule has 1 heterocycles. The summed E-state index contributed by atoms with van der Waals surface area (Å²) in [6, 6.07) is 0.611. The Balaban J connectivity index is 2.58. The minimum absolute atomic E-state index is 0.611. The molecule has 1 aromatic heterocycles. The van der Waals surface area contributed by atoms with Crippen molar-refractivity contribution in [2.45, 2.75) is 26.4 Å². The first-order valence-corrected chi connectivity index (χ1v) is 6.62. The molecule has 0 aliphatic rings. The zero-order valence-corrected chi connectivity index (χ0v) is 11.1. The summed E-state index contributed by atoms with van der Waals surface area (Å²) in [6.45, 7) is 5.37. The van der Waals surface area contributed by atoms with Gasteiger partial charge in [-0.05, 0) is 27.2 Å². The molecule has 0 saturated carbocycles. The van der Waals surface area contributed by atoms with Crippen LogP contribution in [0.3, 0.4) is 0 Å². The van der Waals surface area contributed by atoms with Crippen LogP contribution in [0.15, 0.2) is 6.20 Å². The van der Waals surface area contributed by atoms with Gasteiger partial charge in [-0.15, -0.1) is 0 Å². The van der Waals surface area contributed by atoms with E-state index in [0.29, 0.717) is 6.04 Å². The van der Waals surface area contributed by atoms with Gasteiger partial charge in [0.1, 0.15) is 0 Å². The van der Waals surface area contributed by atoms with Gasteiger partial charge < -0.3 is 0 Å². The Bertz CT molecular complexity index is 309. The van der Waals surface area contributed by atoms with E-state index >= 15 is 0 Å². The van der Waals surface area contributed by atoms with Gasteiger partial charge in [0, 0.05) is 36.6 Å². The van der Waals surface area contributed by atoms with E-state index in [1.165, 1.54) is 17.0 Å². The number of thioether (sulfide) groups is 1. The zero-order chi connectivity index (χ0) is 11.4. The smallest absolute Gasteiger partial charge is 0.0537 e. The van der Waals surface area contributed by atoms with E-state index in [0.717, 1.165) is 6.54 Å². The van der Waals surface area contributed by atoms with Crippen molar-refractivity contribution < 1.29 is 0 Å². The van der Waals surface area contributed by atoms with E-state index in [4.69, 9.17) is 0 Å². The summed E-state index contributed by atoms with van der Waals surface area (Å²) in [4.78, 5) is 2.38. The quantitative estimate of drug-likeness (QED) is 0.767. The number of aromatic nitrogens is 2. The molecule has 3 nitrogen and oxygen atoms in total. The second kappa shape index (κ2) is 5.56. The number of nitrogens with zero attached hydrogens (tertiary/aromatic N) is 3. The summed E-state index contributed by atoms with van der Waals surface area (Å²) >= 11 is 1.90. The molecule has 0 bridgehead atoms. The highest BCUT2D eigenvalue weighted by molar-refractivity contribution is 7.98. The van der Waals surface area contributed by atoms with Crippen LogP contribution < -0.4 is 0 Å². The first-order chi connectivity index (χ1) is 7.06. The van der Waals surface area contributed by atoms with Crippen molar-refractivity contribution in [1.82, 2.24) is 14.7 Å². The number of hydrogen-bond donors (Lipinski definition) is 0. The van der Waals surface area contributed by atoms with E-state index in [9.17, 15) is 0 Å². The lowest BCUT2D eigenvalue weighted by Crippen LogP contribution is -2.30. The van der Waals surface area contributed by atoms with E-state index < -0.39 is 0 Å². The molecule has 86 valence electrons. The van der Waals surface area contributed by atoms with Crippen LogP contribution in [0.2, 0.25) is 0 Å². The maximum absolute atomic E-state index is 4.26. The molecule has 0 radical (unpaired) electrons. The lowest BCUT2D eigenvalue weighted by molar-refractivity contribution is 0.269. The van der Waals surface area contributed by atoms with Gasteiger partial charge in [0.15, 0.2) is 0 Å². The van der Waals surface area contributed by atoms with Crippen molar-refractivity contribution >= 4 is 11.8 Å². The van der Waals surface area contributed by atoms with Crippen molar-refractivity contribution in [1.29, 1.82) is 0 Å². The van der Waals surface area contributed by atoms with Crippen molar-refractivity contribution in [2.24, 2.45) is 7.05 Å². The number of hydrogen-bond acceptors (Lipinski definition) is 3. The SMILES string of the molecule is CSC[C@@H](C)N(C)Cc1cnn(C)c1C. The van der Waals surface area contributed by atoms with Gasteiger partial charge in [0.05, 0.1) is 6.20 Å². The van der Waals surface area contributed by atoms with Crippen molar-refractivity contribution in [3.8, 4) is 0 Å². The van der Waals surface area contributed by atoms with Gasteiger partial charge in [0.25, 0.3) is 0 Å². The first kappa shape index (κ1) is 12.6. The van der Waals surface area contributed by atoms with Gasteiger partial charge in [-0.1, -0.05) is 0 Å². The molecule has 0 N–H and O–H groups in total. The van der Waals surface area contributed by atoms with Gasteiger partial charge in [0.2, 0.25) is 0 Å². The average molecular weight is 227 g/mol. The summed E-state index contributed by atoms with van der Waals surface area (Å²) < 4.78 is 1.93. The molecule has 1 rings (SSSR count). The van der Waals surface area contributed by atoms with Crippen LogP contribution in [0, 0.1) is 6.92 Å². The Hall–Kier alpha value is -0.480. The topological polar surface area (TPSA) is 21.1 Å². The highest BCUT2D eigenvalue weighted by Crippen LogP contribution is 2.12. The van der Waals surface area contributed by atoms with E-state index in [2.05, 4.69) is 37.1 Å². The molecular formula is C11H21N3S. The van der Waals surface area contributed by atoms with Gasteiger partial charge >= 0.3 is 0 Å². The van der Waals surface area contributed by atoms with E-state index in [-0.39, 0.29) is 0 Å². The van der Waals surface area contributed by atoms with Crippen LogP contribution in [0.4, 0.5) is 0 Å². The number of aryl methyl sites for hydroxylation is 1. The molecule has 0 aromatic carbocycles. The highest BCUT2D eigenvalue weighted by atomic mass is 32.2. The molecule has 0 spiro atoms. The van der Waals surface area contributed by atoms with Crippen molar-refractivity contribution in [3.63, 3.8) is 0 Å². The second-order valence-corrected chi connectivity index (χ2v) is 5.01. The van der Waals surface area contributed by atoms with Crippen LogP contribution in [-0.4, -0.2) is 39.8 Å². The predicted octanol–water partition coefficient (Wildman–Crippen LogP) is 1.91. The molecule has 1 aromatic rings. The van der Waals surface area contributed by atoms with Gasteiger partial charge in [-0.25, -0.2) is 0 Å². The molecule has 0 aliphatic heterocycles. The maximum atomic E-state index is 4.26. The Morgan fingerprint density at radius 2 is 2.27 bits per heavy atom. The van der Waals surface area contributed by atoms with Crippen LogP contribution >= 0.6 is 11.8 Å². The zero-order valence-electron chi connectivity index (χ0n) is 10.3. The number of rotatable bonds is 5. The third-order valence-corrected chi connectivity index (χ3v) is 3.73. The molecule has 0 fully saturated rings. The predicted molar refractivity (Wildman–Crippen MR) is 67.3 cm³/mol. The van der Waals surface area contributed by atoms with Crippen LogP contribution in [0.5, 0.6) is 0 Å². The molecule has 15 heavy (non-hydrogen) atoms. The average Bonchev–Trinajstić information content (AvgIpc) is 2.50. The highest BCUT2D eigenvalue weighted by Gasteiger charge is 2.11. The second-order valence-electron chi connectivity index (χ2n) is 4.10. The fraction of sp³-hybridized carbons (Fsp3) is 0.727. The first-order valence-electron chi connectivity index (χ1n) is 5.23. The lowest BCUT2D eigenvalue weighted by atomic mass is 10.2. The van der Waals surface area contributed by atoms with Gasteiger partial charge in [-0.2, -0.15) is 16.9 Å². The molecule has 0 aliphatic carbocycles. The molecule has 0 unspecified atom stereocenters. The third kappa shape index (κ3) is 3.24. The Morgan fingerprint density at radius 3 is 2.73 bits per heavy atom. The normalized spacial score (nSPS) is 13.5. The molecule has 1 atom stereocenters. The molecular weight excluding hydrogens is 206 g/mol. The lowest BCUT2D eigenvalue weighted by Gasteiger charge is -2.23. The monoisotopic (exact) mass is 227 g/mol. The summed E-state index contributed by atoms with van der Waals surface area (Å²) in [6.07, 6.45) is 4.12. The fourth-order valence-electron chi connectivity index (χ4n) is 1.49. The van der Waals surface area contributed by atoms with Crippen LogP contribution in [0.1, 0.15) is 18.2 Å². The Labute approximate surface area is 96.8 Å². The fourth-order valence-corrected chi connectivity index (χ4v) is 2.23. The summed E-state index contributed by atoms with van der Waals surface area (Å²) in [5.41, 5.74) is 2.59. The Kier molecular flexibility index (Phi) is 4.67. The maximum Gasteiger partial charge on any atom is 0.0537 e. The van der Waals surface area contributed by atoms with Crippen molar-refractivity contribution in [2.75, 3.05) is 19.1 Å². The molecule has 0 amide bonds. The molecule has 4 heteroatoms. The largest absolute Gasteiger partial charge is 0.298 e. The van der Waals surface area contributed by atoms with E-state index in [1.54, 1.807) is 0 Å².